The van der Waals surface area contributed by atoms with E-state index in [2.05, 4.69) is 6.92 Å². The van der Waals surface area contributed by atoms with Crippen LogP contribution in [0.15, 0.2) is 78.9 Å². The molecule has 0 spiro atoms. The number of benzene rings is 3. The summed E-state index contributed by atoms with van der Waals surface area (Å²) in [5.74, 6) is -1.24. The first-order chi connectivity index (χ1) is 15.1. The van der Waals surface area contributed by atoms with Crippen molar-refractivity contribution < 1.29 is 14.4 Å². The van der Waals surface area contributed by atoms with Crippen molar-refractivity contribution in [2.24, 2.45) is 5.92 Å². The number of nitrogens with zero attached hydrogens (tertiary/aromatic N) is 2. The van der Waals surface area contributed by atoms with E-state index in [0.717, 1.165) is 23.2 Å². The van der Waals surface area contributed by atoms with Gasteiger partial charge in [-0.05, 0) is 53.9 Å². The molecule has 156 valence electrons. The maximum absolute atomic E-state index is 13.6. The average Bonchev–Trinajstić information content (AvgIpc) is 3.31. The number of halogens is 1. The summed E-state index contributed by atoms with van der Waals surface area (Å²) in [5, 5.41) is 2.29. The van der Waals surface area contributed by atoms with Crippen LogP contribution in [0.25, 0.3) is 0 Å². The van der Waals surface area contributed by atoms with Crippen LogP contribution in [0.4, 0.5) is 11.4 Å². The lowest BCUT2D eigenvalue weighted by atomic mass is 9.90. The van der Waals surface area contributed by atoms with Crippen LogP contribution < -0.4 is 9.96 Å². The smallest absolute Gasteiger partial charge is 0.266 e. The van der Waals surface area contributed by atoms with E-state index in [1.165, 1.54) is 4.90 Å². The number of hydroxylamine groups is 1. The van der Waals surface area contributed by atoms with Crippen LogP contribution >= 0.6 is 11.6 Å². The van der Waals surface area contributed by atoms with Gasteiger partial charge in [0.25, 0.3) is 5.91 Å². The molecule has 3 atom stereocenters. The van der Waals surface area contributed by atoms with Crippen LogP contribution in [0.3, 0.4) is 0 Å². The van der Waals surface area contributed by atoms with Crippen LogP contribution in [0.1, 0.15) is 24.1 Å². The third kappa shape index (κ3) is 3.30. The minimum Gasteiger partial charge on any atom is -0.273 e. The molecule has 0 aromatic heterocycles. The van der Waals surface area contributed by atoms with Gasteiger partial charge in [-0.2, -0.15) is 0 Å². The van der Waals surface area contributed by atoms with Gasteiger partial charge in [0.1, 0.15) is 5.92 Å². The zero-order chi connectivity index (χ0) is 21.5. The van der Waals surface area contributed by atoms with Crippen molar-refractivity contribution in [3.8, 4) is 0 Å². The molecule has 2 aliphatic rings. The summed E-state index contributed by atoms with van der Waals surface area (Å²) in [4.78, 5) is 34.2. The van der Waals surface area contributed by atoms with Gasteiger partial charge >= 0.3 is 0 Å². The monoisotopic (exact) mass is 432 g/mol. The summed E-state index contributed by atoms with van der Waals surface area (Å²) < 4.78 is 0. The molecule has 0 saturated carbocycles. The number of para-hydroxylation sites is 1. The van der Waals surface area contributed by atoms with E-state index >= 15 is 0 Å². The van der Waals surface area contributed by atoms with E-state index < -0.39 is 18.1 Å². The first-order valence-electron chi connectivity index (χ1n) is 10.3. The topological polar surface area (TPSA) is 49.9 Å². The molecule has 0 N–H and O–H groups in total. The number of rotatable bonds is 4. The molecule has 2 saturated heterocycles. The minimum absolute atomic E-state index is 0.252. The Labute approximate surface area is 185 Å². The molecule has 6 heteroatoms. The number of imide groups is 1. The molecule has 5 nitrogen and oxygen atoms in total. The summed E-state index contributed by atoms with van der Waals surface area (Å²) in [6.45, 7) is 2.06. The Morgan fingerprint density at radius 3 is 2.16 bits per heavy atom. The van der Waals surface area contributed by atoms with Gasteiger partial charge in [0.2, 0.25) is 5.91 Å². The molecule has 5 rings (SSSR count). The second-order valence-electron chi connectivity index (χ2n) is 7.74. The molecule has 0 aliphatic carbocycles. The molecule has 31 heavy (non-hydrogen) atoms. The number of hydrogen-bond donors (Lipinski definition) is 0. The highest BCUT2D eigenvalue weighted by molar-refractivity contribution is 6.30. The van der Waals surface area contributed by atoms with Crippen molar-refractivity contribution in [1.82, 2.24) is 0 Å². The molecular weight excluding hydrogens is 412 g/mol. The number of anilines is 2. The normalized spacial score (nSPS) is 22.8. The second kappa shape index (κ2) is 7.84. The summed E-state index contributed by atoms with van der Waals surface area (Å²) in [7, 11) is 0. The number of fused-ring (bicyclic) bond motifs is 1. The Morgan fingerprint density at radius 2 is 1.52 bits per heavy atom. The molecule has 2 fully saturated rings. The first kappa shape index (κ1) is 19.8. The van der Waals surface area contributed by atoms with Gasteiger partial charge in [-0.15, -0.1) is 0 Å². The predicted octanol–water partition coefficient (Wildman–Crippen LogP) is 4.95. The van der Waals surface area contributed by atoms with Crippen LogP contribution in [-0.2, 0) is 20.8 Å². The Bertz CT molecular complexity index is 1120. The Kier molecular flexibility index (Phi) is 5.00. The van der Waals surface area contributed by atoms with Crippen LogP contribution in [0.2, 0.25) is 5.02 Å². The van der Waals surface area contributed by atoms with Crippen molar-refractivity contribution in [3.05, 3.63) is 95.0 Å². The van der Waals surface area contributed by atoms with E-state index in [1.807, 2.05) is 66.7 Å². The fourth-order valence-electron chi connectivity index (χ4n) is 4.35. The third-order valence-electron chi connectivity index (χ3n) is 5.94. The van der Waals surface area contributed by atoms with Crippen LogP contribution in [0.5, 0.6) is 0 Å². The standard InChI is InChI=1S/C25H21ClN2O3/c1-2-16-8-14-19(15-9-16)27-24(29)21-22(17-10-12-18(26)13-11-17)28(31-23(21)25(27)30)20-6-4-3-5-7-20/h3-15,21-23H,2H2,1H3/t21-,22-,23+/m0/s1. The van der Waals surface area contributed by atoms with Gasteiger partial charge in [-0.1, -0.05) is 61.0 Å². The second-order valence-corrected chi connectivity index (χ2v) is 8.18. The summed E-state index contributed by atoms with van der Waals surface area (Å²) in [6, 6.07) is 23.9. The Morgan fingerprint density at radius 1 is 0.839 bits per heavy atom. The van der Waals surface area contributed by atoms with E-state index in [4.69, 9.17) is 16.4 Å². The molecule has 2 heterocycles. The number of aryl methyl sites for hydroxylation is 1. The molecule has 3 aromatic carbocycles. The minimum atomic E-state index is -0.876. The molecule has 2 aliphatic heterocycles. The number of amides is 2. The van der Waals surface area contributed by atoms with Gasteiger partial charge in [0.05, 0.1) is 17.4 Å². The van der Waals surface area contributed by atoms with Crippen molar-refractivity contribution >= 4 is 34.8 Å². The van der Waals surface area contributed by atoms with Gasteiger partial charge in [0.15, 0.2) is 6.10 Å². The SMILES string of the molecule is CCc1ccc(N2C(=O)[C@@H]3[C@@H](ON(c4ccccc4)[C@H]3c3ccc(Cl)cc3)C2=O)cc1. The Hall–Kier alpha value is -3.15. The third-order valence-corrected chi connectivity index (χ3v) is 6.19. The van der Waals surface area contributed by atoms with E-state index in [1.54, 1.807) is 17.2 Å². The molecular formula is C25H21ClN2O3. The Balaban J connectivity index is 1.56. The number of carbonyl (C=O) groups excluding carboxylic acids is 2. The zero-order valence-corrected chi connectivity index (χ0v) is 17.7. The van der Waals surface area contributed by atoms with E-state index in [-0.39, 0.29) is 11.8 Å². The fraction of sp³-hybridized carbons (Fsp3) is 0.200. The first-order valence-corrected chi connectivity index (χ1v) is 10.7. The van der Waals surface area contributed by atoms with Crippen molar-refractivity contribution in [3.63, 3.8) is 0 Å². The van der Waals surface area contributed by atoms with E-state index in [0.29, 0.717) is 10.7 Å². The van der Waals surface area contributed by atoms with Gasteiger partial charge in [0, 0.05) is 5.02 Å². The number of hydrogen-bond acceptors (Lipinski definition) is 4. The largest absolute Gasteiger partial charge is 0.273 e. The quantitative estimate of drug-likeness (QED) is 0.547. The summed E-state index contributed by atoms with van der Waals surface area (Å²) in [6.07, 6.45) is 0.0144. The molecule has 3 aromatic rings. The van der Waals surface area contributed by atoms with Gasteiger partial charge in [-0.3, -0.25) is 14.4 Å². The lowest BCUT2D eigenvalue weighted by Gasteiger charge is -2.28. The molecule has 0 radical (unpaired) electrons. The average molecular weight is 433 g/mol. The van der Waals surface area contributed by atoms with Crippen LogP contribution in [0, 0.1) is 5.92 Å². The van der Waals surface area contributed by atoms with Crippen LogP contribution in [-0.4, -0.2) is 17.9 Å². The molecule has 0 unspecified atom stereocenters. The van der Waals surface area contributed by atoms with Crippen molar-refractivity contribution in [2.75, 3.05) is 9.96 Å². The maximum Gasteiger partial charge on any atom is 0.266 e. The van der Waals surface area contributed by atoms with Crippen molar-refractivity contribution in [2.45, 2.75) is 25.5 Å². The predicted molar refractivity (Wildman–Crippen MR) is 120 cm³/mol. The highest BCUT2D eigenvalue weighted by atomic mass is 35.5. The van der Waals surface area contributed by atoms with Gasteiger partial charge < -0.3 is 0 Å². The summed E-state index contributed by atoms with van der Waals surface area (Å²) in [5.41, 5.74) is 3.38. The fourth-order valence-corrected chi connectivity index (χ4v) is 4.47. The summed E-state index contributed by atoms with van der Waals surface area (Å²) >= 11 is 6.09. The zero-order valence-electron chi connectivity index (χ0n) is 16.9. The molecule has 0 bridgehead atoms. The highest BCUT2D eigenvalue weighted by Crippen LogP contribution is 2.47. The van der Waals surface area contributed by atoms with E-state index in [9.17, 15) is 9.59 Å². The number of carbonyl (C=O) groups is 2. The molecule has 2 amide bonds. The van der Waals surface area contributed by atoms with Gasteiger partial charge in [-0.25, -0.2) is 9.96 Å². The highest BCUT2D eigenvalue weighted by Gasteiger charge is 2.60. The maximum atomic E-state index is 13.6. The van der Waals surface area contributed by atoms with Crippen molar-refractivity contribution in [1.29, 1.82) is 0 Å². The lowest BCUT2D eigenvalue weighted by molar-refractivity contribution is -0.126. The lowest BCUT2D eigenvalue weighted by Crippen LogP contribution is -2.37.